The van der Waals surface area contributed by atoms with Gasteiger partial charge in [0, 0.05) is 80.0 Å². The number of rotatable bonds is 13. The van der Waals surface area contributed by atoms with Crippen LogP contribution in [0.3, 0.4) is 0 Å². The fraction of sp³-hybridized carbons (Fsp3) is 0.189. The van der Waals surface area contributed by atoms with Gasteiger partial charge in [-0.3, -0.25) is 14.4 Å². The molecule has 0 aliphatic carbocycles. The maximum absolute atomic E-state index is 12.0. The molecule has 81 heavy (non-hydrogen) atoms. The van der Waals surface area contributed by atoms with Crippen molar-refractivity contribution in [3.05, 3.63) is 163 Å². The number of amides is 1. The molecule has 2 aliphatic rings. The third kappa shape index (κ3) is 23.9. The Balaban J connectivity index is 0.000000548. The van der Waals surface area contributed by atoms with Crippen molar-refractivity contribution in [2.45, 2.75) is 46.3 Å². The summed E-state index contributed by atoms with van der Waals surface area (Å²) in [5, 5.41) is 19.6. The van der Waals surface area contributed by atoms with Gasteiger partial charge in [-0.05, 0) is 108 Å². The molecule has 2 aromatic carbocycles. The Labute approximate surface area is 528 Å². The summed E-state index contributed by atoms with van der Waals surface area (Å²) in [6.07, 6.45) is 9.89. The largest absolute Gasteiger partial charge is 1.00 e. The van der Waals surface area contributed by atoms with Gasteiger partial charge in [-0.15, -0.1) is 80.4 Å². The zero-order valence-electron chi connectivity index (χ0n) is 42.7. The molecule has 6 aromatic heterocycles. The number of nitrogens with one attached hydrogen (secondary N) is 1. The van der Waals surface area contributed by atoms with Crippen LogP contribution in [-0.4, -0.2) is 97.8 Å². The number of nitrogens with zero attached hydrogens (tertiary/aromatic N) is 4. The molecule has 7 N–H and O–H groups in total. The number of carbonyl (C=O) groups excluding carboxylic acids is 4. The number of carboxylic acids is 1. The number of esters is 1. The van der Waals surface area contributed by atoms with Gasteiger partial charge in [0.05, 0.1) is 72.6 Å². The summed E-state index contributed by atoms with van der Waals surface area (Å²) in [5.74, 6) is 0.0347. The Kier molecular flexibility index (Phi) is 34.4. The Bertz CT molecular complexity index is 3310. The van der Waals surface area contributed by atoms with Crippen LogP contribution in [0.4, 0.5) is 0 Å². The first kappa shape index (κ1) is 73.8. The van der Waals surface area contributed by atoms with E-state index in [2.05, 4.69) is 52.0 Å². The first-order chi connectivity index (χ1) is 36.6. The molecule has 8 heterocycles. The second-order valence-electron chi connectivity index (χ2n) is 15.6. The summed E-state index contributed by atoms with van der Waals surface area (Å²) in [7, 11) is 1.34. The number of hydrogen-bond donors (Lipinski definition) is 3. The monoisotopic (exact) mass is 1330 g/mol. The molecule has 17 nitrogen and oxygen atoms in total. The van der Waals surface area contributed by atoms with E-state index in [1.165, 1.54) is 82.0 Å². The average molecular weight is 1340 g/mol. The fourth-order valence-electron chi connectivity index (χ4n) is 6.59. The van der Waals surface area contributed by atoms with E-state index in [9.17, 15) is 24.0 Å². The molecule has 2 aliphatic heterocycles. The molecule has 2 atom stereocenters. The van der Waals surface area contributed by atoms with Crippen LogP contribution >= 0.6 is 120 Å². The minimum absolute atomic E-state index is 0. The SMILES string of the molecule is Brc1cscn1.C.CC(=O)c1ccc(-c2cc(Cl)c3c(c2)CC(CN)O3)s1.CC(=O)c1ccc(-c2cc(Cl)c3c(c2)CC(CNC(=O)/C=C/c2cscn2)O3)s1.COC(=O)/C=C/c1cscn1.Cl.O.O=C(O)/C=C/c1cscn1.[Li+].[OH-]. The molecule has 0 spiro atoms. The number of aromatic nitrogens is 4. The number of thiazole rings is 4. The molecular formula is C53H53BrCl3LiN6O11S6. The summed E-state index contributed by atoms with van der Waals surface area (Å²) in [6, 6.07) is 15.4. The number of thiophene rings is 2. The van der Waals surface area contributed by atoms with E-state index in [0.29, 0.717) is 41.0 Å². The number of ether oxygens (including phenoxy) is 3. The molecule has 28 heteroatoms. The number of methoxy groups -OCH3 is 1. The van der Waals surface area contributed by atoms with Crippen molar-refractivity contribution in [3.63, 3.8) is 0 Å². The number of fused-ring (bicyclic) bond motifs is 2. The maximum atomic E-state index is 12.0. The molecule has 0 saturated heterocycles. The Morgan fingerprint density at radius 2 is 1.15 bits per heavy atom. The van der Waals surface area contributed by atoms with Crippen LogP contribution in [0.2, 0.25) is 10.0 Å². The van der Waals surface area contributed by atoms with Gasteiger partial charge in [0.25, 0.3) is 0 Å². The standard InChI is InChI=1S/C21H17ClN2O3S2.C15H14ClNO2S.C7H7NO2S.C6H5NO2S.C3H2BrNS.CH4.ClH.Li.2H2O/c1-12(25)18-3-4-19(29-18)13-6-14-7-16(27-21(14)17(22)8-13)9-23-20(26)5-2-15-10-28-11-24-15;1-8(18)13-2-3-14(20-13)9-4-10-5-11(7-17)19-15(10)12(16)6-9;1-10-7(9)3-2-6-4-11-5-8-6;8-6(9)2-1-5-3-10-4-7-5;4-3-1-6-2-5-3;;;;;/h2-6,8,10-11,16H,7,9H2,1H3,(H,23,26);2-4,6,11H,5,7,17H2,1H3;2-5H,1H3;1-4H,(H,8,9);1-2H;1H4;1H;;2*1H2/q;;;;;;;+1;;/p-1/b5-2+;;3-2+;2-1+;;;;;;. The van der Waals surface area contributed by atoms with Crippen LogP contribution < -0.4 is 39.4 Å². The maximum Gasteiger partial charge on any atom is 1.00 e. The molecule has 2 unspecified atom stereocenters. The molecule has 426 valence electrons. The number of halogens is 4. The number of nitrogens with two attached hydrogens (primary N) is 1. The van der Waals surface area contributed by atoms with Gasteiger partial charge in [0.15, 0.2) is 11.6 Å². The summed E-state index contributed by atoms with van der Waals surface area (Å²) < 4.78 is 17.0. The number of ketones is 2. The second-order valence-corrected chi connectivity index (χ2v) is 22.3. The van der Waals surface area contributed by atoms with Crippen molar-refractivity contribution in [2.24, 2.45) is 5.73 Å². The summed E-state index contributed by atoms with van der Waals surface area (Å²) >= 11 is 24.8. The molecular weight excluding hydrogens is 1280 g/mol. The van der Waals surface area contributed by atoms with Crippen LogP contribution in [-0.2, 0) is 32.0 Å². The van der Waals surface area contributed by atoms with E-state index in [-0.39, 0.29) is 85.3 Å². The van der Waals surface area contributed by atoms with Crippen molar-refractivity contribution in [3.8, 4) is 32.4 Å². The van der Waals surface area contributed by atoms with E-state index in [0.717, 1.165) is 76.0 Å². The van der Waals surface area contributed by atoms with Crippen molar-refractivity contribution in [1.29, 1.82) is 0 Å². The summed E-state index contributed by atoms with van der Waals surface area (Å²) in [5.41, 5.74) is 18.8. The van der Waals surface area contributed by atoms with Crippen LogP contribution in [0.25, 0.3) is 39.1 Å². The van der Waals surface area contributed by atoms with E-state index < -0.39 is 5.97 Å². The predicted molar refractivity (Wildman–Crippen MR) is 330 cm³/mol. The van der Waals surface area contributed by atoms with Crippen molar-refractivity contribution < 1.29 is 73.1 Å². The van der Waals surface area contributed by atoms with E-state index in [4.69, 9.17) is 43.5 Å². The average Bonchev–Trinajstić information content (AvgIpc) is 4.28. The number of carboxylic acid groups (broad SMARTS) is 1. The zero-order chi connectivity index (χ0) is 54.6. The normalized spacial score (nSPS) is 13.0. The van der Waals surface area contributed by atoms with Crippen LogP contribution in [0, 0.1) is 0 Å². The van der Waals surface area contributed by atoms with Gasteiger partial charge in [-0.2, -0.15) is 0 Å². The Morgan fingerprint density at radius 1 is 0.716 bits per heavy atom. The van der Waals surface area contributed by atoms with Gasteiger partial charge < -0.3 is 41.3 Å². The van der Waals surface area contributed by atoms with Crippen LogP contribution in [0.15, 0.2) is 115 Å². The quantitative estimate of drug-likeness (QED) is 0.0419. The summed E-state index contributed by atoms with van der Waals surface area (Å²) in [4.78, 5) is 74.7. The minimum atomic E-state index is -0.951. The Hall–Kier alpha value is -5.24. The number of hydrogen-bond acceptors (Lipinski definition) is 20. The van der Waals surface area contributed by atoms with Gasteiger partial charge in [-0.25, -0.2) is 29.5 Å². The molecule has 8 aromatic rings. The summed E-state index contributed by atoms with van der Waals surface area (Å²) in [6.45, 7) is 4.00. The van der Waals surface area contributed by atoms with Gasteiger partial charge in [-0.1, -0.05) is 30.6 Å². The first-order valence-electron chi connectivity index (χ1n) is 22.3. The zero-order valence-corrected chi connectivity index (χ0v) is 51.5. The van der Waals surface area contributed by atoms with E-state index in [1.807, 2.05) is 58.6 Å². The number of carbonyl (C=O) groups is 5. The Morgan fingerprint density at radius 3 is 1.52 bits per heavy atom. The third-order valence-electron chi connectivity index (χ3n) is 10.1. The van der Waals surface area contributed by atoms with Gasteiger partial charge >= 0.3 is 30.8 Å². The predicted octanol–water partition coefficient (Wildman–Crippen LogP) is 9.93. The number of benzene rings is 2. The minimum Gasteiger partial charge on any atom is -0.870 e. The molecule has 0 radical (unpaired) electrons. The first-order valence-corrected chi connectivity index (χ1v) is 29.3. The second kappa shape index (κ2) is 37.8. The molecule has 1 amide bonds. The van der Waals surface area contributed by atoms with Gasteiger partial charge in [0.1, 0.15) is 28.3 Å². The smallest absolute Gasteiger partial charge is 0.870 e. The molecule has 0 fully saturated rings. The van der Waals surface area contributed by atoms with Crippen molar-refractivity contribution in [1.82, 2.24) is 25.3 Å². The van der Waals surface area contributed by atoms with Crippen LogP contribution in [0.5, 0.6) is 11.5 Å². The molecule has 0 bridgehead atoms. The van der Waals surface area contributed by atoms with Gasteiger partial charge in [0.2, 0.25) is 5.91 Å². The topological polar surface area (TPSA) is 284 Å². The van der Waals surface area contributed by atoms with Crippen LogP contribution in [0.1, 0.15) is 68.8 Å². The fourth-order valence-corrected chi connectivity index (χ4v) is 11.5. The molecule has 10 rings (SSSR count). The van der Waals surface area contributed by atoms with Crippen molar-refractivity contribution in [2.75, 3.05) is 20.2 Å². The molecule has 0 saturated carbocycles. The number of Topliss-reactive ketones (excluding diaryl/α,β-unsaturated/α-hetero) is 2. The number of aliphatic carboxylic acids is 1. The van der Waals surface area contributed by atoms with E-state index in [1.54, 1.807) is 64.8 Å². The third-order valence-corrected chi connectivity index (χ3v) is 16.3. The van der Waals surface area contributed by atoms with E-state index >= 15 is 0 Å². The van der Waals surface area contributed by atoms with Crippen molar-refractivity contribution >= 4 is 167 Å².